The summed E-state index contributed by atoms with van der Waals surface area (Å²) in [6, 6.07) is 20.8. The minimum Gasteiger partial charge on any atom is -0.465 e. The Morgan fingerprint density at radius 2 is 1.57 bits per heavy atom. The second-order valence-electron chi connectivity index (χ2n) is 7.92. The molecule has 0 bridgehead atoms. The predicted octanol–water partition coefficient (Wildman–Crippen LogP) is 7.04. The number of aryl methyl sites for hydroxylation is 3. The van der Waals surface area contributed by atoms with E-state index >= 15 is 0 Å². The minimum absolute atomic E-state index is 0.301. The molecule has 0 saturated heterocycles. The van der Waals surface area contributed by atoms with Crippen molar-refractivity contribution in [2.24, 2.45) is 0 Å². The lowest BCUT2D eigenvalue weighted by Gasteiger charge is -2.18. The van der Waals surface area contributed by atoms with Crippen LogP contribution in [0.4, 0.5) is 0 Å². The van der Waals surface area contributed by atoms with Crippen LogP contribution in [-0.2, 0) is 11.2 Å². The van der Waals surface area contributed by atoms with E-state index in [-0.39, 0.29) is 5.97 Å². The van der Waals surface area contributed by atoms with Gasteiger partial charge in [0.05, 0.1) is 12.7 Å². The van der Waals surface area contributed by atoms with Crippen LogP contribution in [0.1, 0.15) is 56.6 Å². The number of fused-ring (bicyclic) bond motifs is 1. The molecule has 0 saturated carbocycles. The van der Waals surface area contributed by atoms with Gasteiger partial charge in [0.1, 0.15) is 0 Å². The lowest BCUT2D eigenvalue weighted by molar-refractivity contribution is 0.0600. The van der Waals surface area contributed by atoms with Crippen molar-refractivity contribution in [1.29, 1.82) is 0 Å². The Labute approximate surface area is 183 Å². The van der Waals surface area contributed by atoms with Crippen molar-refractivity contribution in [2.75, 3.05) is 7.11 Å². The van der Waals surface area contributed by atoms with Crippen molar-refractivity contribution in [3.63, 3.8) is 0 Å². The van der Waals surface area contributed by atoms with E-state index in [1.165, 1.54) is 34.9 Å². The van der Waals surface area contributed by atoms with Gasteiger partial charge in [0, 0.05) is 5.02 Å². The average molecular weight is 417 g/mol. The first kappa shape index (κ1) is 20.4. The molecule has 1 aliphatic rings. The summed E-state index contributed by atoms with van der Waals surface area (Å²) in [7, 11) is 1.42. The molecule has 2 nitrogen and oxygen atoms in total. The first-order chi connectivity index (χ1) is 14.5. The SMILES string of the molecule is COC(=O)c1ccc2c(c1)CCCC(c1ccc(C)cc1Cl)=C2c1ccc(C)cc1. The molecule has 30 heavy (non-hydrogen) atoms. The minimum atomic E-state index is -0.301. The fourth-order valence-electron chi connectivity index (χ4n) is 4.22. The molecule has 3 aromatic rings. The fourth-order valence-corrected chi connectivity index (χ4v) is 4.57. The van der Waals surface area contributed by atoms with Crippen molar-refractivity contribution in [1.82, 2.24) is 0 Å². The lowest BCUT2D eigenvalue weighted by Crippen LogP contribution is -2.04. The summed E-state index contributed by atoms with van der Waals surface area (Å²) in [6.07, 6.45) is 2.82. The zero-order chi connectivity index (χ0) is 21.3. The molecule has 0 radical (unpaired) electrons. The highest BCUT2D eigenvalue weighted by Crippen LogP contribution is 2.42. The summed E-state index contributed by atoms with van der Waals surface area (Å²) in [4.78, 5) is 12.1. The number of hydrogen-bond acceptors (Lipinski definition) is 2. The first-order valence-corrected chi connectivity index (χ1v) is 10.6. The summed E-state index contributed by atoms with van der Waals surface area (Å²) in [5.41, 5.74) is 10.0. The molecule has 0 amide bonds. The van der Waals surface area contributed by atoms with Crippen molar-refractivity contribution in [2.45, 2.75) is 33.1 Å². The zero-order valence-corrected chi connectivity index (χ0v) is 18.3. The number of methoxy groups -OCH3 is 1. The Balaban J connectivity index is 1.99. The van der Waals surface area contributed by atoms with E-state index in [0.717, 1.165) is 41.0 Å². The molecule has 152 valence electrons. The van der Waals surface area contributed by atoms with Gasteiger partial charge in [0.15, 0.2) is 0 Å². The van der Waals surface area contributed by atoms with E-state index in [1.54, 1.807) is 0 Å². The Kier molecular flexibility index (Phi) is 5.78. The number of carbonyl (C=O) groups excluding carboxylic acids is 1. The fraction of sp³-hybridized carbons (Fsp3) is 0.222. The predicted molar refractivity (Wildman–Crippen MR) is 124 cm³/mol. The van der Waals surface area contributed by atoms with E-state index in [1.807, 2.05) is 18.2 Å². The number of esters is 1. The average Bonchev–Trinajstić information content (AvgIpc) is 2.93. The van der Waals surface area contributed by atoms with E-state index in [4.69, 9.17) is 16.3 Å². The third-order valence-corrected chi connectivity index (χ3v) is 6.07. The Morgan fingerprint density at radius 3 is 2.27 bits per heavy atom. The molecule has 0 heterocycles. The van der Waals surface area contributed by atoms with Crippen LogP contribution >= 0.6 is 11.6 Å². The standard InChI is InChI=1S/C27H25ClO2/c1-17-7-10-19(11-8-17)26-22-14-12-21(27(29)30-3)16-20(22)5-4-6-24(26)23-13-9-18(2)15-25(23)28/h7-16H,4-6H2,1-3H3. The number of allylic oxidation sites excluding steroid dienone is 1. The molecule has 1 aliphatic carbocycles. The molecule has 3 heteroatoms. The second-order valence-corrected chi connectivity index (χ2v) is 8.33. The molecular formula is C27H25ClO2. The smallest absolute Gasteiger partial charge is 0.337 e. The maximum atomic E-state index is 12.1. The van der Waals surface area contributed by atoms with Crippen LogP contribution in [0.2, 0.25) is 5.02 Å². The summed E-state index contributed by atoms with van der Waals surface area (Å²) < 4.78 is 4.93. The van der Waals surface area contributed by atoms with Crippen molar-refractivity contribution in [3.8, 4) is 0 Å². The largest absolute Gasteiger partial charge is 0.465 e. The van der Waals surface area contributed by atoms with Crippen molar-refractivity contribution < 1.29 is 9.53 Å². The number of halogens is 1. The molecule has 0 atom stereocenters. The normalized spacial score (nSPS) is 13.6. The third kappa shape index (κ3) is 3.93. The summed E-state index contributed by atoms with van der Waals surface area (Å²) in [6.45, 7) is 4.15. The topological polar surface area (TPSA) is 26.3 Å². The van der Waals surface area contributed by atoms with E-state index in [0.29, 0.717) is 5.56 Å². The molecule has 0 N–H and O–H groups in total. The quantitative estimate of drug-likeness (QED) is 0.428. The lowest BCUT2D eigenvalue weighted by atomic mass is 9.87. The molecule has 0 fully saturated rings. The molecular weight excluding hydrogens is 392 g/mol. The van der Waals surface area contributed by atoms with Gasteiger partial charge in [-0.15, -0.1) is 0 Å². The molecule has 0 spiro atoms. The highest BCUT2D eigenvalue weighted by Gasteiger charge is 2.22. The van der Waals surface area contributed by atoms with E-state index in [2.05, 4.69) is 56.3 Å². The zero-order valence-electron chi connectivity index (χ0n) is 17.6. The van der Waals surface area contributed by atoms with Crippen LogP contribution in [0.5, 0.6) is 0 Å². The molecule has 3 aromatic carbocycles. The Bertz CT molecular complexity index is 1140. The first-order valence-electron chi connectivity index (χ1n) is 10.3. The van der Waals surface area contributed by atoms with E-state index in [9.17, 15) is 4.79 Å². The highest BCUT2D eigenvalue weighted by atomic mass is 35.5. The summed E-state index contributed by atoms with van der Waals surface area (Å²) in [5, 5.41) is 0.782. The molecule has 0 unspecified atom stereocenters. The van der Waals surface area contributed by atoms with E-state index < -0.39 is 0 Å². The molecule has 4 rings (SSSR count). The highest BCUT2D eigenvalue weighted by molar-refractivity contribution is 6.32. The number of rotatable bonds is 3. The van der Waals surface area contributed by atoms with Crippen LogP contribution in [-0.4, -0.2) is 13.1 Å². The molecule has 0 aliphatic heterocycles. The van der Waals surface area contributed by atoms with Gasteiger partial charge >= 0.3 is 5.97 Å². The van der Waals surface area contributed by atoms with Gasteiger partial charge in [-0.05, 0) is 90.3 Å². The van der Waals surface area contributed by atoms with Crippen LogP contribution in [0.15, 0.2) is 60.7 Å². The van der Waals surface area contributed by atoms with Gasteiger partial charge in [-0.3, -0.25) is 0 Å². The van der Waals surface area contributed by atoms with Gasteiger partial charge in [-0.25, -0.2) is 4.79 Å². The molecule has 0 aromatic heterocycles. The van der Waals surface area contributed by atoms with Gasteiger partial charge in [-0.1, -0.05) is 59.6 Å². The van der Waals surface area contributed by atoms with Gasteiger partial charge in [-0.2, -0.15) is 0 Å². The Hall–Kier alpha value is -2.84. The van der Waals surface area contributed by atoms with Gasteiger partial charge in [0.25, 0.3) is 0 Å². The van der Waals surface area contributed by atoms with Crippen molar-refractivity contribution >= 4 is 28.7 Å². The van der Waals surface area contributed by atoms with Crippen molar-refractivity contribution in [3.05, 3.63) is 105 Å². The maximum absolute atomic E-state index is 12.1. The summed E-state index contributed by atoms with van der Waals surface area (Å²) >= 11 is 6.71. The Morgan fingerprint density at radius 1 is 0.867 bits per heavy atom. The number of hydrogen-bond donors (Lipinski definition) is 0. The van der Waals surface area contributed by atoms with Crippen LogP contribution in [0.3, 0.4) is 0 Å². The van der Waals surface area contributed by atoms with Gasteiger partial charge in [0.2, 0.25) is 0 Å². The summed E-state index contributed by atoms with van der Waals surface area (Å²) in [5.74, 6) is -0.301. The second kappa shape index (κ2) is 8.49. The third-order valence-electron chi connectivity index (χ3n) is 5.76. The number of carbonyl (C=O) groups is 1. The van der Waals surface area contributed by atoms with Crippen LogP contribution in [0, 0.1) is 13.8 Å². The monoisotopic (exact) mass is 416 g/mol. The maximum Gasteiger partial charge on any atom is 0.337 e. The van der Waals surface area contributed by atoms with Crippen LogP contribution < -0.4 is 0 Å². The van der Waals surface area contributed by atoms with Crippen LogP contribution in [0.25, 0.3) is 11.1 Å². The van der Waals surface area contributed by atoms with Gasteiger partial charge < -0.3 is 4.74 Å². The number of ether oxygens (including phenoxy) is 1. The number of benzene rings is 3.